The molecule has 0 bridgehead atoms. The van der Waals surface area contributed by atoms with Crippen LogP contribution in [0.25, 0.3) is 0 Å². The number of Topliss-reactive ketones (excluding diaryl/α,β-unsaturated/α-hetero) is 1. The van der Waals surface area contributed by atoms with Crippen molar-refractivity contribution in [3.63, 3.8) is 0 Å². The number of methoxy groups -OCH3 is 1. The quantitative estimate of drug-likeness (QED) is 0.532. The SMILES string of the molecule is COc1ccccc1C1C2=C(CCCC2=O)Nc2ccccc2N1C(=O)Nc1ccccc1. The van der Waals surface area contributed by atoms with E-state index in [0.29, 0.717) is 29.1 Å². The molecule has 1 unspecified atom stereocenters. The lowest BCUT2D eigenvalue weighted by Gasteiger charge is -2.34. The number of rotatable bonds is 3. The van der Waals surface area contributed by atoms with Crippen molar-refractivity contribution < 1.29 is 14.3 Å². The summed E-state index contributed by atoms with van der Waals surface area (Å²) >= 11 is 0. The number of fused-ring (bicyclic) bond motifs is 1. The van der Waals surface area contributed by atoms with E-state index in [1.807, 2.05) is 78.9 Å². The van der Waals surface area contributed by atoms with E-state index in [1.54, 1.807) is 12.0 Å². The number of urea groups is 1. The first-order chi connectivity index (χ1) is 16.2. The Bertz CT molecular complexity index is 1240. The van der Waals surface area contributed by atoms with Gasteiger partial charge in [0.2, 0.25) is 0 Å². The molecule has 2 aliphatic rings. The number of nitrogens with one attached hydrogen (secondary N) is 2. The highest BCUT2D eigenvalue weighted by Crippen LogP contribution is 2.46. The average Bonchev–Trinajstić information content (AvgIpc) is 2.99. The van der Waals surface area contributed by atoms with Gasteiger partial charge in [0.05, 0.1) is 24.5 Å². The summed E-state index contributed by atoms with van der Waals surface area (Å²) in [6.45, 7) is 0. The van der Waals surface area contributed by atoms with Crippen molar-refractivity contribution >= 4 is 28.9 Å². The molecular formula is C27H25N3O3. The molecule has 33 heavy (non-hydrogen) atoms. The minimum absolute atomic E-state index is 0.0463. The smallest absolute Gasteiger partial charge is 0.327 e. The fraction of sp³-hybridized carbons (Fsp3) is 0.185. The van der Waals surface area contributed by atoms with Crippen molar-refractivity contribution in [2.75, 3.05) is 22.6 Å². The van der Waals surface area contributed by atoms with Crippen molar-refractivity contribution in [1.82, 2.24) is 0 Å². The van der Waals surface area contributed by atoms with Crippen molar-refractivity contribution in [2.24, 2.45) is 0 Å². The molecule has 0 spiro atoms. The summed E-state index contributed by atoms with van der Waals surface area (Å²) in [5, 5.41) is 6.49. The van der Waals surface area contributed by atoms with Gasteiger partial charge in [-0.15, -0.1) is 0 Å². The van der Waals surface area contributed by atoms with E-state index >= 15 is 0 Å². The van der Waals surface area contributed by atoms with Gasteiger partial charge in [-0.05, 0) is 43.2 Å². The van der Waals surface area contributed by atoms with E-state index < -0.39 is 6.04 Å². The zero-order valence-electron chi connectivity index (χ0n) is 18.4. The van der Waals surface area contributed by atoms with E-state index in [-0.39, 0.29) is 11.8 Å². The first-order valence-electron chi connectivity index (χ1n) is 11.1. The predicted molar refractivity (Wildman–Crippen MR) is 130 cm³/mol. The summed E-state index contributed by atoms with van der Waals surface area (Å²) in [5.41, 5.74) is 4.42. The van der Waals surface area contributed by atoms with Crippen LogP contribution in [0.1, 0.15) is 30.9 Å². The third kappa shape index (κ3) is 3.84. The van der Waals surface area contributed by atoms with Crippen LogP contribution in [0.15, 0.2) is 90.1 Å². The molecule has 1 atom stereocenters. The number of ether oxygens (including phenoxy) is 1. The molecule has 6 nitrogen and oxygen atoms in total. The highest BCUT2D eigenvalue weighted by atomic mass is 16.5. The Kier molecular flexibility index (Phi) is 5.57. The van der Waals surface area contributed by atoms with Gasteiger partial charge >= 0.3 is 6.03 Å². The van der Waals surface area contributed by atoms with E-state index in [1.165, 1.54) is 0 Å². The van der Waals surface area contributed by atoms with E-state index in [2.05, 4.69) is 10.6 Å². The molecule has 1 aliphatic carbocycles. The maximum atomic E-state index is 13.9. The third-order valence-electron chi connectivity index (χ3n) is 6.11. The molecule has 1 heterocycles. The van der Waals surface area contributed by atoms with Crippen LogP contribution in [0.2, 0.25) is 0 Å². The summed E-state index contributed by atoms with van der Waals surface area (Å²) in [4.78, 5) is 28.9. The third-order valence-corrected chi connectivity index (χ3v) is 6.11. The molecule has 2 amide bonds. The molecule has 1 aliphatic heterocycles. The maximum Gasteiger partial charge on any atom is 0.327 e. The number of hydrogen-bond acceptors (Lipinski definition) is 4. The molecule has 0 fully saturated rings. The van der Waals surface area contributed by atoms with Gasteiger partial charge in [0.1, 0.15) is 5.75 Å². The van der Waals surface area contributed by atoms with Gasteiger partial charge in [0, 0.05) is 28.9 Å². The van der Waals surface area contributed by atoms with Crippen molar-refractivity contribution in [2.45, 2.75) is 25.3 Å². The van der Waals surface area contributed by atoms with Crippen LogP contribution >= 0.6 is 0 Å². The molecule has 5 rings (SSSR count). The minimum atomic E-state index is -0.635. The largest absolute Gasteiger partial charge is 0.496 e. The second-order valence-electron chi connectivity index (χ2n) is 8.12. The number of anilines is 3. The highest BCUT2D eigenvalue weighted by Gasteiger charge is 2.40. The van der Waals surface area contributed by atoms with Crippen LogP contribution in [0.3, 0.4) is 0 Å². The second kappa shape index (κ2) is 8.82. The van der Waals surface area contributed by atoms with Crippen LogP contribution in [0.5, 0.6) is 5.75 Å². The number of ketones is 1. The van der Waals surface area contributed by atoms with Crippen LogP contribution < -0.4 is 20.3 Å². The average molecular weight is 440 g/mol. The molecule has 0 saturated carbocycles. The van der Waals surface area contributed by atoms with Gasteiger partial charge in [0.15, 0.2) is 5.78 Å². The highest BCUT2D eigenvalue weighted by molar-refractivity contribution is 6.09. The number of para-hydroxylation sites is 4. The van der Waals surface area contributed by atoms with Crippen LogP contribution in [-0.2, 0) is 4.79 Å². The summed E-state index contributed by atoms with van der Waals surface area (Å²) < 4.78 is 5.68. The monoisotopic (exact) mass is 439 g/mol. The molecule has 0 saturated heterocycles. The van der Waals surface area contributed by atoms with Crippen molar-refractivity contribution in [3.8, 4) is 5.75 Å². The lowest BCUT2D eigenvalue weighted by atomic mass is 9.85. The van der Waals surface area contributed by atoms with Gasteiger partial charge < -0.3 is 15.4 Å². The fourth-order valence-corrected chi connectivity index (χ4v) is 4.65. The summed E-state index contributed by atoms with van der Waals surface area (Å²) in [5.74, 6) is 0.676. The summed E-state index contributed by atoms with van der Waals surface area (Å²) in [6, 6.07) is 23.6. The first kappa shape index (κ1) is 20.8. The first-order valence-corrected chi connectivity index (χ1v) is 11.1. The Morgan fingerprint density at radius 3 is 2.52 bits per heavy atom. The maximum absolute atomic E-state index is 13.9. The summed E-state index contributed by atoms with van der Waals surface area (Å²) in [7, 11) is 1.61. The molecule has 166 valence electrons. The predicted octanol–water partition coefficient (Wildman–Crippen LogP) is 5.91. The topological polar surface area (TPSA) is 70.7 Å². The van der Waals surface area contributed by atoms with Gasteiger partial charge in [-0.2, -0.15) is 0 Å². The standard InChI is InChI=1S/C27H25N3O3/c1-33-24-17-8-5-12-19(24)26-25-21(14-9-16-23(25)31)29-20-13-6-7-15-22(20)30(26)27(32)28-18-10-3-2-4-11-18/h2-8,10-13,15,17,26,29H,9,14,16H2,1H3,(H,28,32). The Hall–Kier alpha value is -4.06. The van der Waals surface area contributed by atoms with Crippen molar-refractivity contribution in [3.05, 3.63) is 95.7 Å². The van der Waals surface area contributed by atoms with Crippen LogP contribution in [-0.4, -0.2) is 18.9 Å². The number of amides is 2. The zero-order chi connectivity index (χ0) is 22.8. The second-order valence-corrected chi connectivity index (χ2v) is 8.12. The van der Waals surface area contributed by atoms with Gasteiger partial charge in [-0.3, -0.25) is 9.69 Å². The number of nitrogens with zero attached hydrogens (tertiary/aromatic N) is 1. The van der Waals surface area contributed by atoms with Gasteiger partial charge in [-0.25, -0.2) is 4.79 Å². The summed E-state index contributed by atoms with van der Waals surface area (Å²) in [6.07, 6.45) is 1.98. The molecule has 0 radical (unpaired) electrons. The van der Waals surface area contributed by atoms with E-state index in [4.69, 9.17) is 4.74 Å². The lowest BCUT2D eigenvalue weighted by Crippen LogP contribution is -2.40. The van der Waals surface area contributed by atoms with Gasteiger partial charge in [-0.1, -0.05) is 48.5 Å². The Morgan fingerprint density at radius 2 is 1.70 bits per heavy atom. The van der Waals surface area contributed by atoms with Crippen LogP contribution in [0.4, 0.5) is 21.9 Å². The van der Waals surface area contributed by atoms with E-state index in [0.717, 1.165) is 29.8 Å². The van der Waals surface area contributed by atoms with E-state index in [9.17, 15) is 9.59 Å². The molecule has 3 aromatic carbocycles. The molecule has 0 aromatic heterocycles. The van der Waals surface area contributed by atoms with Crippen LogP contribution in [0, 0.1) is 0 Å². The van der Waals surface area contributed by atoms with Crippen molar-refractivity contribution in [1.29, 1.82) is 0 Å². The number of carbonyl (C=O) groups excluding carboxylic acids is 2. The molecule has 2 N–H and O–H groups in total. The number of allylic oxidation sites excluding steroid dienone is 1. The molecular weight excluding hydrogens is 414 g/mol. The number of benzene rings is 3. The Morgan fingerprint density at radius 1 is 0.970 bits per heavy atom. The number of hydrogen-bond donors (Lipinski definition) is 2. The minimum Gasteiger partial charge on any atom is -0.496 e. The zero-order valence-corrected chi connectivity index (χ0v) is 18.4. The fourth-order valence-electron chi connectivity index (χ4n) is 4.65. The normalized spacial score (nSPS) is 17.4. The molecule has 6 heteroatoms. The lowest BCUT2D eigenvalue weighted by molar-refractivity contribution is -0.116. The Balaban J connectivity index is 1.74. The van der Waals surface area contributed by atoms with Gasteiger partial charge in [0.25, 0.3) is 0 Å². The molecule has 3 aromatic rings. The Labute approximate surface area is 192 Å². The number of carbonyl (C=O) groups is 2.